The highest BCUT2D eigenvalue weighted by Crippen LogP contribution is 2.21. The summed E-state index contributed by atoms with van der Waals surface area (Å²) in [6.45, 7) is 5.75. The van der Waals surface area contributed by atoms with E-state index in [4.69, 9.17) is 9.84 Å². The average molecular weight is 235 g/mol. The molecule has 1 unspecified atom stereocenters. The number of nitrogens with zero attached hydrogens (tertiary/aromatic N) is 1. The molecule has 0 amide bonds. The minimum absolute atomic E-state index is 0.415. The number of anilines is 1. The number of ether oxygens (including phenoxy) is 1. The van der Waals surface area contributed by atoms with Crippen molar-refractivity contribution in [3.63, 3.8) is 0 Å². The Morgan fingerprint density at radius 1 is 1.41 bits per heavy atom. The molecule has 0 spiro atoms. The second-order valence-corrected chi connectivity index (χ2v) is 4.41. The lowest BCUT2D eigenvalue weighted by Crippen LogP contribution is -2.46. The van der Waals surface area contributed by atoms with Crippen molar-refractivity contribution in [3.8, 4) is 0 Å². The van der Waals surface area contributed by atoms with Crippen molar-refractivity contribution in [2.75, 3.05) is 24.6 Å². The molecule has 0 radical (unpaired) electrons. The minimum atomic E-state index is -0.890. The number of carboxylic acid groups (broad SMARTS) is 1. The van der Waals surface area contributed by atoms with Gasteiger partial charge in [-0.15, -0.1) is 0 Å². The summed E-state index contributed by atoms with van der Waals surface area (Å²) in [5.41, 5.74) is 3.54. The maximum Gasteiger partial charge on any atom is 0.334 e. The van der Waals surface area contributed by atoms with Crippen LogP contribution in [0, 0.1) is 13.8 Å². The van der Waals surface area contributed by atoms with Gasteiger partial charge >= 0.3 is 5.97 Å². The lowest BCUT2D eigenvalue weighted by atomic mass is 10.1. The Hall–Kier alpha value is -1.55. The van der Waals surface area contributed by atoms with Crippen LogP contribution in [0.3, 0.4) is 0 Å². The van der Waals surface area contributed by atoms with Gasteiger partial charge in [-0.1, -0.05) is 6.07 Å². The van der Waals surface area contributed by atoms with Crippen molar-refractivity contribution in [3.05, 3.63) is 29.3 Å². The lowest BCUT2D eigenvalue weighted by Gasteiger charge is -2.32. The molecule has 1 N–H and O–H groups in total. The van der Waals surface area contributed by atoms with Gasteiger partial charge in [0.2, 0.25) is 0 Å². The van der Waals surface area contributed by atoms with E-state index in [9.17, 15) is 4.79 Å². The van der Waals surface area contributed by atoms with Crippen LogP contribution < -0.4 is 4.90 Å². The predicted molar refractivity (Wildman–Crippen MR) is 65.5 cm³/mol. The van der Waals surface area contributed by atoms with E-state index in [1.165, 1.54) is 11.1 Å². The van der Waals surface area contributed by atoms with Crippen LogP contribution in [0.15, 0.2) is 18.2 Å². The summed E-state index contributed by atoms with van der Waals surface area (Å²) in [7, 11) is 0. The van der Waals surface area contributed by atoms with Gasteiger partial charge < -0.3 is 14.7 Å². The van der Waals surface area contributed by atoms with Gasteiger partial charge in [0.25, 0.3) is 0 Å². The molecule has 1 aliphatic rings. The first-order valence-corrected chi connectivity index (χ1v) is 5.74. The highest BCUT2D eigenvalue weighted by Gasteiger charge is 2.26. The Balaban J connectivity index is 2.16. The Morgan fingerprint density at radius 3 is 2.82 bits per heavy atom. The fourth-order valence-electron chi connectivity index (χ4n) is 1.96. The topological polar surface area (TPSA) is 49.8 Å². The van der Waals surface area contributed by atoms with E-state index < -0.39 is 12.1 Å². The first-order valence-electron chi connectivity index (χ1n) is 5.74. The number of rotatable bonds is 2. The van der Waals surface area contributed by atoms with Gasteiger partial charge in [0.05, 0.1) is 13.2 Å². The van der Waals surface area contributed by atoms with E-state index in [1.807, 2.05) is 6.07 Å². The van der Waals surface area contributed by atoms with Crippen molar-refractivity contribution in [1.29, 1.82) is 0 Å². The Kier molecular flexibility index (Phi) is 3.33. The number of morpholine rings is 1. The molecule has 1 heterocycles. The zero-order valence-electron chi connectivity index (χ0n) is 10.1. The molecule has 0 aromatic heterocycles. The number of benzene rings is 1. The summed E-state index contributed by atoms with van der Waals surface area (Å²) in [6.07, 6.45) is -0.717. The largest absolute Gasteiger partial charge is 0.479 e. The van der Waals surface area contributed by atoms with Crippen LogP contribution in [0.1, 0.15) is 11.1 Å². The van der Waals surface area contributed by atoms with Crippen molar-refractivity contribution in [2.45, 2.75) is 20.0 Å². The van der Waals surface area contributed by atoms with Crippen molar-refractivity contribution in [2.24, 2.45) is 0 Å². The number of carbonyl (C=O) groups is 1. The molecule has 1 aromatic rings. The molecule has 4 nitrogen and oxygen atoms in total. The maximum absolute atomic E-state index is 10.9. The highest BCUT2D eigenvalue weighted by molar-refractivity contribution is 5.73. The van der Waals surface area contributed by atoms with Crippen LogP contribution in [-0.2, 0) is 9.53 Å². The van der Waals surface area contributed by atoms with Crippen molar-refractivity contribution >= 4 is 11.7 Å². The molecular formula is C13H17NO3. The monoisotopic (exact) mass is 235 g/mol. The molecule has 0 bridgehead atoms. The van der Waals surface area contributed by atoms with Crippen LogP contribution in [-0.4, -0.2) is 36.9 Å². The molecular weight excluding hydrogens is 218 g/mol. The molecule has 1 atom stereocenters. The third-order valence-electron chi connectivity index (χ3n) is 3.20. The van der Waals surface area contributed by atoms with Crippen LogP contribution in [0.4, 0.5) is 5.69 Å². The summed E-state index contributed by atoms with van der Waals surface area (Å²) < 4.78 is 5.20. The molecule has 0 saturated carbocycles. The van der Waals surface area contributed by atoms with Crippen molar-refractivity contribution < 1.29 is 14.6 Å². The smallest absolute Gasteiger partial charge is 0.334 e. The molecule has 17 heavy (non-hydrogen) atoms. The first kappa shape index (κ1) is 11.9. The van der Waals surface area contributed by atoms with Crippen LogP contribution in [0.5, 0.6) is 0 Å². The zero-order chi connectivity index (χ0) is 12.4. The van der Waals surface area contributed by atoms with Gasteiger partial charge in [-0.2, -0.15) is 0 Å². The van der Waals surface area contributed by atoms with Crippen LogP contribution in [0.25, 0.3) is 0 Å². The van der Waals surface area contributed by atoms with Crippen molar-refractivity contribution in [1.82, 2.24) is 0 Å². The van der Waals surface area contributed by atoms with Crippen LogP contribution >= 0.6 is 0 Å². The Morgan fingerprint density at radius 2 is 2.18 bits per heavy atom. The number of hydrogen-bond donors (Lipinski definition) is 1. The average Bonchev–Trinajstić information content (AvgIpc) is 2.33. The summed E-state index contributed by atoms with van der Waals surface area (Å²) in [6, 6.07) is 6.20. The molecule has 2 rings (SSSR count). The van der Waals surface area contributed by atoms with Gasteiger partial charge in [0.15, 0.2) is 6.10 Å². The molecule has 4 heteroatoms. The first-order chi connectivity index (χ1) is 8.08. The van der Waals surface area contributed by atoms with Gasteiger partial charge in [-0.3, -0.25) is 0 Å². The number of carboxylic acids is 1. The summed E-state index contributed by atoms with van der Waals surface area (Å²) in [4.78, 5) is 13.0. The second kappa shape index (κ2) is 4.75. The molecule has 1 aliphatic heterocycles. The fraction of sp³-hybridized carbons (Fsp3) is 0.462. The number of aliphatic carboxylic acids is 1. The molecule has 1 fully saturated rings. The van der Waals surface area contributed by atoms with Gasteiger partial charge in [-0.25, -0.2) is 4.79 Å². The van der Waals surface area contributed by atoms with Gasteiger partial charge in [0, 0.05) is 12.2 Å². The van der Waals surface area contributed by atoms with Gasteiger partial charge in [-0.05, 0) is 37.1 Å². The second-order valence-electron chi connectivity index (χ2n) is 4.41. The summed E-state index contributed by atoms with van der Waals surface area (Å²) in [5.74, 6) is -0.890. The van der Waals surface area contributed by atoms with E-state index in [2.05, 4.69) is 30.9 Å². The summed E-state index contributed by atoms with van der Waals surface area (Å²) >= 11 is 0. The SMILES string of the molecule is Cc1ccc(N2CCOC(C(=O)O)C2)cc1C. The third-order valence-corrected chi connectivity index (χ3v) is 3.20. The molecule has 1 aromatic carbocycles. The highest BCUT2D eigenvalue weighted by atomic mass is 16.5. The van der Waals surface area contributed by atoms with Crippen LogP contribution in [0.2, 0.25) is 0 Å². The third kappa shape index (κ3) is 2.58. The number of aryl methyl sites for hydroxylation is 2. The summed E-state index contributed by atoms with van der Waals surface area (Å²) in [5, 5.41) is 8.95. The fourth-order valence-corrected chi connectivity index (χ4v) is 1.96. The predicted octanol–water partition coefficient (Wildman–Crippen LogP) is 1.59. The van der Waals surface area contributed by atoms with E-state index in [-0.39, 0.29) is 0 Å². The lowest BCUT2D eigenvalue weighted by molar-refractivity contribution is -0.150. The molecule has 92 valence electrons. The maximum atomic E-state index is 10.9. The standard InChI is InChI=1S/C13H17NO3/c1-9-3-4-11(7-10(9)2)14-5-6-17-12(8-14)13(15)16/h3-4,7,12H,5-6,8H2,1-2H3,(H,15,16). The molecule has 0 aliphatic carbocycles. The Labute approximate surface area is 101 Å². The minimum Gasteiger partial charge on any atom is -0.479 e. The van der Waals surface area contributed by atoms with Gasteiger partial charge in [0.1, 0.15) is 0 Å². The van der Waals surface area contributed by atoms with E-state index in [1.54, 1.807) is 0 Å². The van der Waals surface area contributed by atoms with E-state index in [0.29, 0.717) is 13.2 Å². The normalized spacial score (nSPS) is 20.4. The number of hydrogen-bond acceptors (Lipinski definition) is 3. The zero-order valence-corrected chi connectivity index (χ0v) is 10.1. The quantitative estimate of drug-likeness (QED) is 0.845. The van der Waals surface area contributed by atoms with E-state index >= 15 is 0 Å². The molecule has 1 saturated heterocycles. The Bertz CT molecular complexity index is 431. The van der Waals surface area contributed by atoms with E-state index in [0.717, 1.165) is 12.2 Å².